The van der Waals surface area contributed by atoms with E-state index in [9.17, 15) is 0 Å². The third kappa shape index (κ3) is 3.70. The molecule has 0 saturated heterocycles. The monoisotopic (exact) mass is 254 g/mol. The average Bonchev–Trinajstić information content (AvgIpc) is 2.39. The Hall–Kier alpha value is -1.56. The second-order valence-electron chi connectivity index (χ2n) is 5.24. The molecular weight excluding hydrogens is 228 g/mol. The lowest BCUT2D eigenvalue weighted by Gasteiger charge is -2.16. The van der Waals surface area contributed by atoms with E-state index in [1.54, 1.807) is 0 Å². The van der Waals surface area contributed by atoms with E-state index in [0.29, 0.717) is 5.92 Å². The van der Waals surface area contributed by atoms with Crippen molar-refractivity contribution in [3.05, 3.63) is 65.3 Å². The summed E-state index contributed by atoms with van der Waals surface area (Å²) in [5.41, 5.74) is 6.67. The van der Waals surface area contributed by atoms with Crippen molar-refractivity contribution >= 4 is 5.57 Å². The van der Waals surface area contributed by atoms with Crippen molar-refractivity contribution in [2.24, 2.45) is 5.92 Å². The first-order valence-corrected chi connectivity index (χ1v) is 7.14. The number of benzene rings is 1. The molecule has 1 aromatic carbocycles. The van der Waals surface area contributed by atoms with Crippen molar-refractivity contribution in [3.63, 3.8) is 0 Å². The van der Waals surface area contributed by atoms with E-state index < -0.39 is 0 Å². The highest BCUT2D eigenvalue weighted by molar-refractivity contribution is 5.80. The Labute approximate surface area is 118 Å². The zero-order valence-corrected chi connectivity index (χ0v) is 13.0. The van der Waals surface area contributed by atoms with Crippen molar-refractivity contribution in [2.45, 2.75) is 41.0 Å². The molecule has 0 heterocycles. The first kappa shape index (κ1) is 15.5. The largest absolute Gasteiger partial charge is 0.0984 e. The Morgan fingerprint density at radius 2 is 2.00 bits per heavy atom. The lowest BCUT2D eigenvalue weighted by Crippen LogP contribution is -1.99. The molecule has 0 saturated carbocycles. The second-order valence-corrected chi connectivity index (χ2v) is 5.24. The fourth-order valence-corrected chi connectivity index (χ4v) is 2.43. The molecule has 0 heteroatoms. The standard InChI is InChI=1S/C19H26/c1-7-10-18(14(4)5)17(9-3)19-12-11-15(6)13-16(19)8-2/h7,9-14H,3,8H2,1-2,4-6H3/b10-7-,18-17-. The van der Waals surface area contributed by atoms with Gasteiger partial charge >= 0.3 is 0 Å². The first-order valence-electron chi connectivity index (χ1n) is 7.14. The Bertz CT molecular complexity index is 499. The van der Waals surface area contributed by atoms with Crippen LogP contribution >= 0.6 is 0 Å². The molecule has 0 aliphatic carbocycles. The van der Waals surface area contributed by atoms with Crippen molar-refractivity contribution in [1.29, 1.82) is 0 Å². The minimum atomic E-state index is 0.496. The molecule has 19 heavy (non-hydrogen) atoms. The lowest BCUT2D eigenvalue weighted by molar-refractivity contribution is 0.794. The zero-order valence-electron chi connectivity index (χ0n) is 13.0. The number of allylic oxidation sites excluding steroid dienone is 5. The van der Waals surface area contributed by atoms with E-state index in [1.807, 2.05) is 6.08 Å². The molecule has 0 amide bonds. The summed E-state index contributed by atoms with van der Waals surface area (Å²) in [6.07, 6.45) is 7.37. The highest BCUT2D eigenvalue weighted by Gasteiger charge is 2.11. The van der Waals surface area contributed by atoms with Crippen LogP contribution < -0.4 is 0 Å². The third-order valence-corrected chi connectivity index (χ3v) is 3.42. The summed E-state index contributed by atoms with van der Waals surface area (Å²) in [4.78, 5) is 0. The van der Waals surface area contributed by atoms with Gasteiger partial charge in [0.05, 0.1) is 0 Å². The SMILES string of the molecule is C=C/C(=C(\C=C/C)C(C)C)c1ccc(C)cc1CC. The van der Waals surface area contributed by atoms with E-state index in [0.717, 1.165) is 6.42 Å². The van der Waals surface area contributed by atoms with Gasteiger partial charge in [-0.15, -0.1) is 0 Å². The number of hydrogen-bond donors (Lipinski definition) is 0. The van der Waals surface area contributed by atoms with Crippen molar-refractivity contribution < 1.29 is 0 Å². The quantitative estimate of drug-likeness (QED) is 0.589. The number of hydrogen-bond acceptors (Lipinski definition) is 0. The van der Waals surface area contributed by atoms with E-state index in [2.05, 4.69) is 71.5 Å². The van der Waals surface area contributed by atoms with E-state index in [4.69, 9.17) is 0 Å². The maximum atomic E-state index is 4.03. The van der Waals surface area contributed by atoms with E-state index in [1.165, 1.54) is 27.8 Å². The lowest BCUT2D eigenvalue weighted by atomic mass is 9.88. The van der Waals surface area contributed by atoms with Crippen LogP contribution in [0.3, 0.4) is 0 Å². The Morgan fingerprint density at radius 3 is 2.47 bits per heavy atom. The Balaban J connectivity index is 3.53. The van der Waals surface area contributed by atoms with Gasteiger partial charge in [0.25, 0.3) is 0 Å². The molecule has 1 rings (SSSR count). The van der Waals surface area contributed by atoms with Crippen LogP contribution in [0.1, 0.15) is 44.4 Å². The van der Waals surface area contributed by atoms with Gasteiger partial charge in [-0.2, -0.15) is 0 Å². The normalized spacial score (nSPS) is 12.9. The van der Waals surface area contributed by atoms with Crippen LogP contribution in [0.5, 0.6) is 0 Å². The van der Waals surface area contributed by atoms with Gasteiger partial charge in [0, 0.05) is 0 Å². The molecule has 0 aliphatic heterocycles. The summed E-state index contributed by atoms with van der Waals surface area (Å²) in [6, 6.07) is 6.70. The smallest absolute Gasteiger partial charge is 0.0149 e. The molecule has 0 radical (unpaired) electrons. The minimum Gasteiger partial charge on any atom is -0.0984 e. The molecule has 0 bridgehead atoms. The number of rotatable bonds is 5. The van der Waals surface area contributed by atoms with E-state index in [-0.39, 0.29) is 0 Å². The summed E-state index contributed by atoms with van der Waals surface area (Å²) in [5.74, 6) is 0.496. The Kier molecular flexibility index (Phi) is 5.82. The molecule has 102 valence electrons. The topological polar surface area (TPSA) is 0 Å². The van der Waals surface area contributed by atoms with Crippen molar-refractivity contribution in [1.82, 2.24) is 0 Å². The molecule has 1 aromatic rings. The molecule has 0 unspecified atom stereocenters. The summed E-state index contributed by atoms with van der Waals surface area (Å²) in [7, 11) is 0. The van der Waals surface area contributed by atoms with Crippen molar-refractivity contribution in [2.75, 3.05) is 0 Å². The highest BCUT2D eigenvalue weighted by Crippen LogP contribution is 2.29. The predicted molar refractivity (Wildman–Crippen MR) is 87.3 cm³/mol. The van der Waals surface area contributed by atoms with Crippen LogP contribution in [-0.4, -0.2) is 0 Å². The van der Waals surface area contributed by atoms with Crippen LogP contribution in [0, 0.1) is 12.8 Å². The Morgan fingerprint density at radius 1 is 1.32 bits per heavy atom. The van der Waals surface area contributed by atoms with Crippen LogP contribution in [0.25, 0.3) is 5.57 Å². The summed E-state index contributed by atoms with van der Waals surface area (Å²) in [6.45, 7) is 14.9. The second kappa shape index (κ2) is 7.13. The molecule has 0 aromatic heterocycles. The first-order chi connectivity index (χ1) is 9.04. The van der Waals surface area contributed by atoms with Gasteiger partial charge in [-0.1, -0.05) is 69.3 Å². The fourth-order valence-electron chi connectivity index (χ4n) is 2.43. The average molecular weight is 254 g/mol. The maximum Gasteiger partial charge on any atom is -0.0149 e. The van der Waals surface area contributed by atoms with Gasteiger partial charge in [-0.25, -0.2) is 0 Å². The molecule has 0 spiro atoms. The maximum absolute atomic E-state index is 4.03. The molecule has 0 nitrogen and oxygen atoms in total. The molecule has 0 fully saturated rings. The van der Waals surface area contributed by atoms with E-state index >= 15 is 0 Å². The highest BCUT2D eigenvalue weighted by atomic mass is 14.2. The minimum absolute atomic E-state index is 0.496. The van der Waals surface area contributed by atoms with Crippen LogP contribution in [0.4, 0.5) is 0 Å². The van der Waals surface area contributed by atoms with Crippen LogP contribution in [0.2, 0.25) is 0 Å². The molecular formula is C19H26. The van der Waals surface area contributed by atoms with Gasteiger partial charge in [0.15, 0.2) is 0 Å². The van der Waals surface area contributed by atoms with Gasteiger partial charge in [-0.05, 0) is 48.5 Å². The summed E-state index contributed by atoms with van der Waals surface area (Å²) < 4.78 is 0. The third-order valence-electron chi connectivity index (χ3n) is 3.42. The molecule has 0 aliphatic rings. The van der Waals surface area contributed by atoms with Gasteiger partial charge in [0.1, 0.15) is 0 Å². The zero-order chi connectivity index (χ0) is 14.4. The van der Waals surface area contributed by atoms with Gasteiger partial charge in [0.2, 0.25) is 0 Å². The van der Waals surface area contributed by atoms with Crippen molar-refractivity contribution in [3.8, 4) is 0 Å². The van der Waals surface area contributed by atoms with Crippen LogP contribution in [0.15, 0.2) is 48.6 Å². The predicted octanol–water partition coefficient (Wildman–Crippen LogP) is 5.73. The summed E-state index contributed by atoms with van der Waals surface area (Å²) in [5, 5.41) is 0. The fraction of sp³-hybridized carbons (Fsp3) is 0.368. The number of aryl methyl sites for hydroxylation is 2. The van der Waals surface area contributed by atoms with Gasteiger partial charge in [-0.3, -0.25) is 0 Å². The molecule has 0 atom stereocenters. The summed E-state index contributed by atoms with van der Waals surface area (Å²) >= 11 is 0. The van der Waals surface area contributed by atoms with Gasteiger partial charge < -0.3 is 0 Å². The molecule has 0 N–H and O–H groups in total. The van der Waals surface area contributed by atoms with Crippen LogP contribution in [-0.2, 0) is 6.42 Å².